The summed E-state index contributed by atoms with van der Waals surface area (Å²) in [6.45, 7) is 5.81. The van der Waals surface area contributed by atoms with Crippen molar-refractivity contribution in [1.82, 2.24) is 9.97 Å². The number of hydrogen-bond donors (Lipinski definition) is 0. The van der Waals surface area contributed by atoms with Gasteiger partial charge >= 0.3 is 5.97 Å². The molecule has 0 saturated carbocycles. The van der Waals surface area contributed by atoms with Gasteiger partial charge in [-0.3, -0.25) is 4.98 Å². The van der Waals surface area contributed by atoms with Gasteiger partial charge in [-0.25, -0.2) is 9.78 Å². The molecule has 6 heteroatoms. The number of fused-ring (bicyclic) bond motifs is 1. The molecule has 0 fully saturated rings. The van der Waals surface area contributed by atoms with Crippen molar-refractivity contribution >= 4 is 44.4 Å². The molecule has 0 bridgehead atoms. The number of nitrogens with zero attached hydrogens (tertiary/aromatic N) is 2. The molecule has 0 amide bonds. The molecule has 3 rings (SSSR count). The van der Waals surface area contributed by atoms with Crippen LogP contribution in [-0.2, 0) is 4.74 Å². The molecule has 3 aromatic rings. The maximum Gasteiger partial charge on any atom is 0.357 e. The Kier molecular flexibility index (Phi) is 6.51. The number of aryl methyl sites for hydroxylation is 1. The van der Waals surface area contributed by atoms with E-state index in [1.165, 1.54) is 7.11 Å². The van der Waals surface area contributed by atoms with Crippen molar-refractivity contribution in [1.29, 1.82) is 0 Å². The molecule has 25 heavy (non-hydrogen) atoms. The van der Waals surface area contributed by atoms with Gasteiger partial charge in [0.05, 0.1) is 12.6 Å². The Morgan fingerprint density at radius 1 is 1.24 bits per heavy atom. The summed E-state index contributed by atoms with van der Waals surface area (Å²) in [5.74, 6) is -0.486. The smallest absolute Gasteiger partial charge is 0.357 e. The fraction of sp³-hybridized carbons (Fsp3) is 0.211. The van der Waals surface area contributed by atoms with Gasteiger partial charge in [0.15, 0.2) is 5.69 Å². The van der Waals surface area contributed by atoms with Crippen LogP contribution in [0.3, 0.4) is 0 Å². The van der Waals surface area contributed by atoms with Gasteiger partial charge in [0.1, 0.15) is 4.60 Å². The van der Waals surface area contributed by atoms with Crippen molar-refractivity contribution in [3.8, 4) is 11.1 Å². The first-order valence-electron chi connectivity index (χ1n) is 7.82. The van der Waals surface area contributed by atoms with Crippen LogP contribution in [0.2, 0.25) is 5.02 Å². The molecular weight excluding hydrogens is 404 g/mol. The Bertz CT molecular complexity index is 929. The molecule has 0 aliphatic rings. The molecule has 0 aliphatic heterocycles. The van der Waals surface area contributed by atoms with Crippen LogP contribution >= 0.6 is 27.5 Å². The predicted octanol–water partition coefficient (Wildman–Crippen LogP) is 5.83. The van der Waals surface area contributed by atoms with Gasteiger partial charge in [-0.15, -0.1) is 0 Å². The highest BCUT2D eigenvalue weighted by Crippen LogP contribution is 2.35. The summed E-state index contributed by atoms with van der Waals surface area (Å²) in [5, 5.41) is 1.49. The molecule has 0 atom stereocenters. The van der Waals surface area contributed by atoms with E-state index in [1.54, 1.807) is 6.20 Å². The predicted molar refractivity (Wildman–Crippen MR) is 105 cm³/mol. The Morgan fingerprint density at radius 3 is 2.60 bits per heavy atom. The number of aromatic nitrogens is 2. The second-order valence-electron chi connectivity index (χ2n) is 4.96. The van der Waals surface area contributed by atoms with Gasteiger partial charge in [-0.05, 0) is 52.2 Å². The molecule has 4 nitrogen and oxygen atoms in total. The number of carbonyl (C=O) groups is 1. The summed E-state index contributed by atoms with van der Waals surface area (Å²) in [7, 11) is 1.33. The molecule has 0 unspecified atom stereocenters. The number of halogens is 2. The van der Waals surface area contributed by atoms with Gasteiger partial charge < -0.3 is 4.74 Å². The van der Waals surface area contributed by atoms with E-state index in [1.807, 2.05) is 51.1 Å². The molecule has 130 valence electrons. The number of rotatable bonds is 2. The summed E-state index contributed by atoms with van der Waals surface area (Å²) in [4.78, 5) is 20.6. The lowest BCUT2D eigenvalue weighted by molar-refractivity contribution is 0.0593. The number of hydrogen-bond acceptors (Lipinski definition) is 4. The number of carbonyl (C=O) groups excluding carboxylic acids is 1. The minimum absolute atomic E-state index is 0.252. The molecule has 1 aromatic carbocycles. The monoisotopic (exact) mass is 420 g/mol. The van der Waals surface area contributed by atoms with Crippen molar-refractivity contribution in [2.45, 2.75) is 20.8 Å². The van der Waals surface area contributed by atoms with Crippen LogP contribution in [0.1, 0.15) is 29.9 Å². The van der Waals surface area contributed by atoms with E-state index >= 15 is 0 Å². The third-order valence-corrected chi connectivity index (χ3v) is 4.40. The highest BCUT2D eigenvalue weighted by Gasteiger charge is 2.19. The number of pyridine rings is 2. The van der Waals surface area contributed by atoms with Crippen LogP contribution < -0.4 is 0 Å². The summed E-state index contributed by atoms with van der Waals surface area (Å²) in [6, 6.07) is 9.46. The minimum Gasteiger partial charge on any atom is -0.464 e. The topological polar surface area (TPSA) is 52.1 Å². The van der Waals surface area contributed by atoms with Crippen LogP contribution in [-0.4, -0.2) is 23.0 Å². The van der Waals surface area contributed by atoms with Gasteiger partial charge in [0.2, 0.25) is 0 Å². The summed E-state index contributed by atoms with van der Waals surface area (Å²) in [6.07, 6.45) is 1.71. The Morgan fingerprint density at radius 2 is 1.96 bits per heavy atom. The summed E-state index contributed by atoms with van der Waals surface area (Å²) >= 11 is 9.55. The zero-order valence-corrected chi connectivity index (χ0v) is 16.8. The summed E-state index contributed by atoms with van der Waals surface area (Å²) < 4.78 is 5.33. The lowest BCUT2D eigenvalue weighted by Crippen LogP contribution is -2.08. The van der Waals surface area contributed by atoms with E-state index in [4.69, 9.17) is 16.3 Å². The van der Waals surface area contributed by atoms with Crippen LogP contribution in [0.15, 0.2) is 41.1 Å². The molecule has 2 heterocycles. The highest BCUT2D eigenvalue weighted by molar-refractivity contribution is 9.10. The van der Waals surface area contributed by atoms with Crippen molar-refractivity contribution in [3.63, 3.8) is 0 Å². The Labute approximate surface area is 160 Å². The molecule has 0 aliphatic carbocycles. The van der Waals surface area contributed by atoms with E-state index in [9.17, 15) is 4.79 Å². The molecule has 0 saturated heterocycles. The molecule has 0 radical (unpaired) electrons. The zero-order valence-electron chi connectivity index (χ0n) is 14.4. The molecule has 2 aromatic heterocycles. The minimum atomic E-state index is -0.486. The second kappa shape index (κ2) is 8.41. The van der Waals surface area contributed by atoms with Gasteiger partial charge in [0, 0.05) is 22.2 Å². The average Bonchev–Trinajstić information content (AvgIpc) is 2.65. The van der Waals surface area contributed by atoms with E-state index in [2.05, 4.69) is 25.9 Å². The maximum absolute atomic E-state index is 11.9. The van der Waals surface area contributed by atoms with Crippen molar-refractivity contribution in [3.05, 3.63) is 57.4 Å². The van der Waals surface area contributed by atoms with Crippen molar-refractivity contribution in [2.24, 2.45) is 0 Å². The van der Waals surface area contributed by atoms with E-state index in [-0.39, 0.29) is 5.69 Å². The fourth-order valence-corrected chi connectivity index (χ4v) is 3.27. The molecular formula is C19H18BrClN2O2. The number of ether oxygens (including phenoxy) is 1. The SMILES string of the molecule is CC.COC(=O)c1nc(Br)c2c(-c3cccc(Cl)c3)ccnc2c1C. The average molecular weight is 422 g/mol. The number of esters is 1. The van der Waals surface area contributed by atoms with Gasteiger partial charge in [0.25, 0.3) is 0 Å². The van der Waals surface area contributed by atoms with E-state index in [0.29, 0.717) is 20.7 Å². The van der Waals surface area contributed by atoms with Gasteiger partial charge in [-0.2, -0.15) is 0 Å². The Hall–Kier alpha value is -1.98. The lowest BCUT2D eigenvalue weighted by atomic mass is 10.0. The third kappa shape index (κ3) is 3.83. The standard InChI is InChI=1S/C17H12BrClN2O2.C2H6/c1-9-14-13(16(18)21-15(9)17(22)23-2)12(6-7-20-14)10-4-3-5-11(19)8-10;1-2/h3-8H,1-2H3;1-2H3. The normalized spacial score (nSPS) is 10.2. The fourth-order valence-electron chi connectivity index (χ4n) is 2.50. The highest BCUT2D eigenvalue weighted by atomic mass is 79.9. The van der Waals surface area contributed by atoms with E-state index < -0.39 is 5.97 Å². The lowest BCUT2D eigenvalue weighted by Gasteiger charge is -2.12. The maximum atomic E-state index is 11.9. The van der Waals surface area contributed by atoms with Crippen molar-refractivity contribution in [2.75, 3.05) is 7.11 Å². The quantitative estimate of drug-likeness (QED) is 0.385. The van der Waals surface area contributed by atoms with Crippen LogP contribution in [0, 0.1) is 6.92 Å². The van der Waals surface area contributed by atoms with Crippen LogP contribution in [0.5, 0.6) is 0 Å². The van der Waals surface area contributed by atoms with Crippen LogP contribution in [0.4, 0.5) is 0 Å². The number of methoxy groups -OCH3 is 1. The Balaban J connectivity index is 0.00000109. The van der Waals surface area contributed by atoms with Crippen molar-refractivity contribution < 1.29 is 9.53 Å². The first kappa shape index (κ1) is 19.3. The summed E-state index contributed by atoms with van der Waals surface area (Å²) in [5.41, 5.74) is 3.53. The van der Waals surface area contributed by atoms with Gasteiger partial charge in [-0.1, -0.05) is 37.6 Å². The van der Waals surface area contributed by atoms with E-state index in [0.717, 1.165) is 16.5 Å². The third-order valence-electron chi connectivity index (χ3n) is 3.59. The molecule has 0 spiro atoms. The first-order valence-corrected chi connectivity index (χ1v) is 8.99. The number of benzene rings is 1. The second-order valence-corrected chi connectivity index (χ2v) is 6.15. The van der Waals surface area contributed by atoms with Crippen LogP contribution in [0.25, 0.3) is 22.0 Å². The zero-order chi connectivity index (χ0) is 18.6. The first-order chi connectivity index (χ1) is 12.0. The molecule has 0 N–H and O–H groups in total. The largest absolute Gasteiger partial charge is 0.464 e.